The van der Waals surface area contributed by atoms with Crippen LogP contribution in [0.4, 0.5) is 0 Å². The molecule has 0 aromatic heterocycles. The summed E-state index contributed by atoms with van der Waals surface area (Å²) in [6.07, 6.45) is 0.235. The van der Waals surface area contributed by atoms with Crippen molar-refractivity contribution < 1.29 is 43.8 Å². The standard InChI is InChI=1S/C15H19NO10S3/c1-11(2)14(17)25-15(18)12-5-7-13(8-6-12)26-29(23,24)10-4-9-28(21,22)16-27(3,19)20/h5-8,16H,1,4,9-10H2,2-3H3. The third-order valence-corrected chi connectivity index (χ3v) is 7.22. The Kier molecular flexibility index (Phi) is 8.08. The first kappa shape index (κ1) is 24.7. The molecule has 1 aromatic carbocycles. The molecule has 0 aliphatic carbocycles. The van der Waals surface area contributed by atoms with Gasteiger partial charge in [0.05, 0.1) is 23.3 Å². The summed E-state index contributed by atoms with van der Waals surface area (Å²) in [5, 5.41) is 0. The Morgan fingerprint density at radius 2 is 1.55 bits per heavy atom. The van der Waals surface area contributed by atoms with Crippen LogP contribution in [0.25, 0.3) is 0 Å². The average Bonchev–Trinajstić information content (AvgIpc) is 2.51. The van der Waals surface area contributed by atoms with Crippen molar-refractivity contribution in [3.8, 4) is 5.75 Å². The van der Waals surface area contributed by atoms with Gasteiger partial charge in [0.1, 0.15) is 5.75 Å². The van der Waals surface area contributed by atoms with E-state index in [9.17, 15) is 34.8 Å². The molecule has 11 nitrogen and oxygen atoms in total. The number of carbonyl (C=O) groups excluding carboxylic acids is 2. The maximum absolute atomic E-state index is 11.9. The van der Waals surface area contributed by atoms with Crippen molar-refractivity contribution >= 4 is 42.1 Å². The second-order valence-electron chi connectivity index (χ2n) is 5.85. The highest BCUT2D eigenvalue weighted by atomic mass is 32.3. The predicted octanol–water partition coefficient (Wildman–Crippen LogP) is -0.0762. The molecule has 0 aliphatic rings. The summed E-state index contributed by atoms with van der Waals surface area (Å²) in [4.78, 5) is 23.0. The minimum Gasteiger partial charge on any atom is -0.386 e. The number of carbonyl (C=O) groups is 2. The van der Waals surface area contributed by atoms with Gasteiger partial charge in [-0.1, -0.05) is 6.58 Å². The molecular formula is C15H19NO10S3. The van der Waals surface area contributed by atoms with Crippen molar-refractivity contribution in [2.24, 2.45) is 0 Å². The zero-order valence-electron chi connectivity index (χ0n) is 15.4. The first-order valence-corrected chi connectivity index (χ1v) is 12.9. The van der Waals surface area contributed by atoms with E-state index in [2.05, 4.69) is 11.3 Å². The van der Waals surface area contributed by atoms with Crippen LogP contribution in [0.1, 0.15) is 23.7 Å². The van der Waals surface area contributed by atoms with Gasteiger partial charge in [-0.25, -0.2) is 26.4 Å². The third kappa shape index (κ3) is 9.65. The Labute approximate surface area is 168 Å². The summed E-state index contributed by atoms with van der Waals surface area (Å²) in [6, 6.07) is 4.61. The lowest BCUT2D eigenvalue weighted by Gasteiger charge is -2.08. The molecule has 1 N–H and O–H groups in total. The predicted molar refractivity (Wildman–Crippen MR) is 102 cm³/mol. The molecule has 0 saturated carbocycles. The SMILES string of the molecule is C=C(C)C(=O)OC(=O)c1ccc(OS(=O)(=O)CCCS(=O)(=O)NS(C)(=O)=O)cc1. The summed E-state index contributed by atoms with van der Waals surface area (Å²) >= 11 is 0. The van der Waals surface area contributed by atoms with Gasteiger partial charge in [-0.2, -0.15) is 8.42 Å². The normalized spacial score (nSPS) is 12.2. The van der Waals surface area contributed by atoms with E-state index in [4.69, 9.17) is 4.18 Å². The van der Waals surface area contributed by atoms with E-state index >= 15 is 0 Å². The summed E-state index contributed by atoms with van der Waals surface area (Å²) in [6.45, 7) is 4.69. The van der Waals surface area contributed by atoms with Crippen molar-refractivity contribution in [1.82, 2.24) is 4.13 Å². The summed E-state index contributed by atoms with van der Waals surface area (Å²) in [7, 11) is -12.4. The molecule has 0 atom stereocenters. The monoisotopic (exact) mass is 469 g/mol. The van der Waals surface area contributed by atoms with Crippen molar-refractivity contribution in [1.29, 1.82) is 0 Å². The summed E-state index contributed by atoms with van der Waals surface area (Å²) in [5.41, 5.74) is -0.0135. The lowest BCUT2D eigenvalue weighted by molar-refractivity contribution is -0.133. The fourth-order valence-corrected chi connectivity index (χ4v) is 5.63. The van der Waals surface area contributed by atoms with Crippen molar-refractivity contribution in [2.45, 2.75) is 13.3 Å². The fourth-order valence-electron chi connectivity index (χ4n) is 1.76. The second-order valence-corrected chi connectivity index (χ2v) is 11.4. The minimum atomic E-state index is -4.21. The van der Waals surface area contributed by atoms with Crippen LogP contribution in [0.15, 0.2) is 36.4 Å². The van der Waals surface area contributed by atoms with Crippen LogP contribution in [0, 0.1) is 0 Å². The number of nitrogens with one attached hydrogen (secondary N) is 1. The molecule has 29 heavy (non-hydrogen) atoms. The third-order valence-electron chi connectivity index (χ3n) is 2.93. The Morgan fingerprint density at radius 1 is 1.00 bits per heavy atom. The molecule has 162 valence electrons. The Morgan fingerprint density at radius 3 is 2.03 bits per heavy atom. The number of rotatable bonds is 10. The Balaban J connectivity index is 2.67. The topological polar surface area (TPSA) is 167 Å². The molecule has 0 unspecified atom stereocenters. The molecule has 0 heterocycles. The van der Waals surface area contributed by atoms with Crippen LogP contribution in [-0.4, -0.2) is 55.0 Å². The first-order chi connectivity index (χ1) is 13.1. The molecule has 0 fully saturated rings. The molecule has 1 aromatic rings. The number of hydrogen-bond donors (Lipinski definition) is 1. The number of ether oxygens (including phenoxy) is 1. The van der Waals surface area contributed by atoms with Gasteiger partial charge in [-0.3, -0.25) is 0 Å². The molecule has 14 heteroatoms. The van der Waals surface area contributed by atoms with Crippen molar-refractivity contribution in [2.75, 3.05) is 17.8 Å². The van der Waals surface area contributed by atoms with E-state index in [0.717, 1.165) is 12.1 Å². The van der Waals surface area contributed by atoms with Gasteiger partial charge in [0.2, 0.25) is 20.0 Å². The van der Waals surface area contributed by atoms with Gasteiger partial charge in [-0.15, -0.1) is 4.13 Å². The zero-order chi connectivity index (χ0) is 22.5. The van der Waals surface area contributed by atoms with E-state index in [-0.39, 0.29) is 16.9 Å². The van der Waals surface area contributed by atoms with Crippen LogP contribution >= 0.6 is 0 Å². The molecule has 1 rings (SSSR count). The minimum absolute atomic E-state index is 0.0261. The number of esters is 2. The van der Waals surface area contributed by atoms with Gasteiger partial charge in [0, 0.05) is 5.57 Å². The molecule has 0 bridgehead atoms. The van der Waals surface area contributed by atoms with E-state index in [1.165, 1.54) is 23.2 Å². The largest absolute Gasteiger partial charge is 0.386 e. The van der Waals surface area contributed by atoms with E-state index in [0.29, 0.717) is 6.26 Å². The van der Waals surface area contributed by atoms with E-state index in [1.807, 2.05) is 0 Å². The van der Waals surface area contributed by atoms with Gasteiger partial charge in [0.25, 0.3) is 0 Å². The van der Waals surface area contributed by atoms with Crippen molar-refractivity contribution in [3.05, 3.63) is 42.0 Å². The molecule has 0 saturated heterocycles. The van der Waals surface area contributed by atoms with E-state index < -0.39 is 60.0 Å². The van der Waals surface area contributed by atoms with Gasteiger partial charge < -0.3 is 8.92 Å². The van der Waals surface area contributed by atoms with Gasteiger partial charge in [0.15, 0.2) is 0 Å². The van der Waals surface area contributed by atoms with Gasteiger partial charge >= 0.3 is 22.1 Å². The zero-order valence-corrected chi connectivity index (χ0v) is 17.9. The van der Waals surface area contributed by atoms with Crippen LogP contribution in [-0.2, 0) is 39.7 Å². The number of sulfonamides is 2. The fraction of sp³-hybridized carbons (Fsp3) is 0.333. The summed E-state index contributed by atoms with van der Waals surface area (Å²) in [5.74, 6) is -3.47. The highest BCUT2D eigenvalue weighted by molar-refractivity contribution is 8.04. The second kappa shape index (κ2) is 9.47. The number of hydrogen-bond acceptors (Lipinski definition) is 10. The molecule has 0 radical (unpaired) electrons. The van der Waals surface area contributed by atoms with Crippen LogP contribution in [0.5, 0.6) is 5.75 Å². The molecule has 0 amide bonds. The summed E-state index contributed by atoms with van der Waals surface area (Å²) < 4.78 is 79.4. The smallest absolute Gasteiger partial charge is 0.346 e. The van der Waals surface area contributed by atoms with Crippen LogP contribution in [0.3, 0.4) is 0 Å². The van der Waals surface area contributed by atoms with E-state index in [1.54, 1.807) is 0 Å². The Bertz CT molecular complexity index is 1100. The first-order valence-electron chi connectivity index (χ1n) is 7.76. The molecule has 0 spiro atoms. The quantitative estimate of drug-likeness (QED) is 0.212. The maximum atomic E-state index is 11.9. The molecular weight excluding hydrogens is 450 g/mol. The average molecular weight is 470 g/mol. The lowest BCUT2D eigenvalue weighted by atomic mass is 10.2. The highest BCUT2D eigenvalue weighted by Gasteiger charge is 2.20. The van der Waals surface area contributed by atoms with Gasteiger partial charge in [-0.05, 0) is 37.6 Å². The van der Waals surface area contributed by atoms with Crippen LogP contribution in [0.2, 0.25) is 0 Å². The maximum Gasteiger partial charge on any atom is 0.346 e. The lowest BCUT2D eigenvalue weighted by Crippen LogP contribution is -2.32. The Hall–Kier alpha value is -2.29. The highest BCUT2D eigenvalue weighted by Crippen LogP contribution is 2.16. The number of benzene rings is 1. The van der Waals surface area contributed by atoms with Crippen molar-refractivity contribution in [3.63, 3.8) is 0 Å². The molecule has 0 aliphatic heterocycles. The van der Waals surface area contributed by atoms with Crippen LogP contribution < -0.4 is 8.31 Å².